The second kappa shape index (κ2) is 4.61. The number of rotatable bonds is 5. The highest BCUT2D eigenvalue weighted by Crippen LogP contribution is 1.99. The first-order valence-corrected chi connectivity index (χ1v) is 4.97. The summed E-state index contributed by atoms with van der Waals surface area (Å²) in [6.07, 6.45) is 9.17. The van der Waals surface area contributed by atoms with Gasteiger partial charge in [-0.3, -0.25) is 4.68 Å². The number of hydrogen-bond acceptors (Lipinski definition) is 3. The molecule has 6 heteroatoms. The molecular formula is C10H12N4O2. The fourth-order valence-corrected chi connectivity index (χ4v) is 1.43. The summed E-state index contributed by atoms with van der Waals surface area (Å²) in [6.45, 7) is 1.55. The van der Waals surface area contributed by atoms with Crippen molar-refractivity contribution in [2.45, 2.75) is 19.5 Å². The Bertz CT molecular complexity index is 461. The molecule has 0 aromatic carbocycles. The minimum Gasteiger partial charge on any atom is -0.478 e. The molecule has 0 aliphatic carbocycles. The van der Waals surface area contributed by atoms with Gasteiger partial charge in [0.15, 0.2) is 0 Å². The average Bonchev–Trinajstić information content (AvgIpc) is 2.87. The van der Waals surface area contributed by atoms with Crippen molar-refractivity contribution in [2.24, 2.45) is 0 Å². The van der Waals surface area contributed by atoms with Gasteiger partial charge in [0.2, 0.25) is 0 Å². The molecule has 0 amide bonds. The Morgan fingerprint density at radius 1 is 1.44 bits per heavy atom. The Balaban J connectivity index is 1.83. The third kappa shape index (κ3) is 2.47. The number of carboxylic acids is 1. The SMILES string of the molecule is O=C(O)c1cnn(CCCn2ccnc2)c1. The largest absolute Gasteiger partial charge is 0.478 e. The lowest BCUT2D eigenvalue weighted by molar-refractivity contribution is 0.0697. The molecule has 0 radical (unpaired) electrons. The van der Waals surface area contributed by atoms with Gasteiger partial charge in [-0.25, -0.2) is 9.78 Å². The summed E-state index contributed by atoms with van der Waals surface area (Å²) in [5.74, 6) is -0.944. The second-order valence-electron chi connectivity index (χ2n) is 3.45. The molecule has 0 bridgehead atoms. The van der Waals surface area contributed by atoms with Crippen LogP contribution >= 0.6 is 0 Å². The highest BCUT2D eigenvalue weighted by molar-refractivity contribution is 5.86. The first kappa shape index (κ1) is 10.4. The lowest BCUT2D eigenvalue weighted by atomic mass is 10.4. The standard InChI is InChI=1S/C10H12N4O2/c15-10(16)9-6-12-14(7-9)4-1-3-13-5-2-11-8-13/h2,5-8H,1,3-4H2,(H,15,16). The highest BCUT2D eigenvalue weighted by Gasteiger charge is 2.05. The quantitative estimate of drug-likeness (QED) is 0.811. The third-order valence-corrected chi connectivity index (χ3v) is 2.24. The van der Waals surface area contributed by atoms with Crippen LogP contribution in [-0.4, -0.2) is 30.4 Å². The lowest BCUT2D eigenvalue weighted by Crippen LogP contribution is -2.03. The van der Waals surface area contributed by atoms with Crippen LogP contribution in [0.25, 0.3) is 0 Å². The molecule has 0 fully saturated rings. The van der Waals surface area contributed by atoms with Crippen molar-refractivity contribution in [3.8, 4) is 0 Å². The van der Waals surface area contributed by atoms with Gasteiger partial charge in [-0.2, -0.15) is 5.10 Å². The molecule has 0 spiro atoms. The molecule has 2 heterocycles. The van der Waals surface area contributed by atoms with E-state index < -0.39 is 5.97 Å². The number of aromatic nitrogens is 4. The van der Waals surface area contributed by atoms with Crippen LogP contribution in [0.1, 0.15) is 16.8 Å². The minimum atomic E-state index is -0.944. The molecule has 0 atom stereocenters. The molecule has 16 heavy (non-hydrogen) atoms. The number of aromatic carboxylic acids is 1. The van der Waals surface area contributed by atoms with Crippen molar-refractivity contribution in [3.63, 3.8) is 0 Å². The molecule has 2 rings (SSSR count). The van der Waals surface area contributed by atoms with Crippen molar-refractivity contribution in [3.05, 3.63) is 36.7 Å². The first-order chi connectivity index (χ1) is 7.75. The lowest BCUT2D eigenvalue weighted by Gasteiger charge is -2.02. The normalized spacial score (nSPS) is 10.5. The van der Waals surface area contributed by atoms with E-state index >= 15 is 0 Å². The summed E-state index contributed by atoms with van der Waals surface area (Å²) in [4.78, 5) is 14.5. The van der Waals surface area contributed by atoms with E-state index in [-0.39, 0.29) is 5.56 Å². The summed E-state index contributed by atoms with van der Waals surface area (Å²) in [5.41, 5.74) is 0.225. The van der Waals surface area contributed by atoms with Crippen LogP contribution in [0.15, 0.2) is 31.1 Å². The maximum atomic E-state index is 10.6. The van der Waals surface area contributed by atoms with Crippen molar-refractivity contribution in [1.82, 2.24) is 19.3 Å². The van der Waals surface area contributed by atoms with Crippen LogP contribution in [0, 0.1) is 0 Å². The minimum absolute atomic E-state index is 0.225. The van der Waals surface area contributed by atoms with Crippen LogP contribution in [0.5, 0.6) is 0 Å². The van der Waals surface area contributed by atoms with Crippen molar-refractivity contribution in [1.29, 1.82) is 0 Å². The fourth-order valence-electron chi connectivity index (χ4n) is 1.43. The Labute approximate surface area is 92.2 Å². The summed E-state index contributed by atoms with van der Waals surface area (Å²) in [7, 11) is 0. The van der Waals surface area contributed by atoms with E-state index in [1.807, 2.05) is 10.8 Å². The third-order valence-electron chi connectivity index (χ3n) is 2.24. The zero-order chi connectivity index (χ0) is 11.4. The predicted molar refractivity (Wildman–Crippen MR) is 56.0 cm³/mol. The van der Waals surface area contributed by atoms with Gasteiger partial charge in [0.1, 0.15) is 0 Å². The monoisotopic (exact) mass is 220 g/mol. The maximum absolute atomic E-state index is 10.6. The molecule has 0 unspecified atom stereocenters. The van der Waals surface area contributed by atoms with E-state index in [2.05, 4.69) is 10.1 Å². The molecule has 1 N–H and O–H groups in total. The molecule has 6 nitrogen and oxygen atoms in total. The number of imidazole rings is 1. The number of hydrogen-bond donors (Lipinski definition) is 1. The van der Waals surface area contributed by atoms with E-state index in [1.54, 1.807) is 17.2 Å². The zero-order valence-corrected chi connectivity index (χ0v) is 8.65. The van der Waals surface area contributed by atoms with Crippen LogP contribution in [0.3, 0.4) is 0 Å². The summed E-state index contributed by atoms with van der Waals surface area (Å²) in [5, 5.41) is 12.7. The predicted octanol–water partition coefficient (Wildman–Crippen LogP) is 0.868. The maximum Gasteiger partial charge on any atom is 0.338 e. The Morgan fingerprint density at radius 2 is 2.31 bits per heavy atom. The molecule has 84 valence electrons. The molecule has 0 saturated heterocycles. The number of aryl methyl sites for hydroxylation is 2. The smallest absolute Gasteiger partial charge is 0.338 e. The number of nitrogens with zero attached hydrogens (tertiary/aromatic N) is 4. The van der Waals surface area contributed by atoms with E-state index in [0.29, 0.717) is 6.54 Å². The van der Waals surface area contributed by atoms with Gasteiger partial charge in [0.05, 0.1) is 18.1 Å². The molecule has 0 aliphatic rings. The Hall–Kier alpha value is -2.11. The van der Waals surface area contributed by atoms with Gasteiger partial charge in [-0.15, -0.1) is 0 Å². The molecular weight excluding hydrogens is 208 g/mol. The van der Waals surface area contributed by atoms with E-state index in [0.717, 1.165) is 13.0 Å². The van der Waals surface area contributed by atoms with Crippen LogP contribution in [0.2, 0.25) is 0 Å². The topological polar surface area (TPSA) is 72.9 Å². The first-order valence-electron chi connectivity index (χ1n) is 4.97. The van der Waals surface area contributed by atoms with Crippen molar-refractivity contribution in [2.75, 3.05) is 0 Å². The summed E-state index contributed by atoms with van der Waals surface area (Å²) >= 11 is 0. The van der Waals surface area contributed by atoms with Crippen molar-refractivity contribution >= 4 is 5.97 Å². The fraction of sp³-hybridized carbons (Fsp3) is 0.300. The van der Waals surface area contributed by atoms with Crippen LogP contribution < -0.4 is 0 Å². The van der Waals surface area contributed by atoms with Gasteiger partial charge in [-0.05, 0) is 6.42 Å². The summed E-state index contributed by atoms with van der Waals surface area (Å²) in [6, 6.07) is 0. The van der Waals surface area contributed by atoms with Gasteiger partial charge in [0, 0.05) is 31.7 Å². The highest BCUT2D eigenvalue weighted by atomic mass is 16.4. The Kier molecular flexibility index (Phi) is 3.00. The molecule has 2 aromatic rings. The van der Waals surface area contributed by atoms with Crippen molar-refractivity contribution < 1.29 is 9.90 Å². The second-order valence-corrected chi connectivity index (χ2v) is 3.45. The van der Waals surface area contributed by atoms with Gasteiger partial charge in [-0.1, -0.05) is 0 Å². The molecule has 0 aliphatic heterocycles. The van der Waals surface area contributed by atoms with Gasteiger partial charge < -0.3 is 9.67 Å². The summed E-state index contributed by atoms with van der Waals surface area (Å²) < 4.78 is 3.61. The van der Waals surface area contributed by atoms with E-state index in [4.69, 9.17) is 5.11 Å². The average molecular weight is 220 g/mol. The Morgan fingerprint density at radius 3 is 2.94 bits per heavy atom. The van der Waals surface area contributed by atoms with E-state index in [1.165, 1.54) is 12.4 Å². The molecule has 0 saturated carbocycles. The van der Waals surface area contributed by atoms with Gasteiger partial charge in [0.25, 0.3) is 0 Å². The van der Waals surface area contributed by atoms with Crippen LogP contribution in [-0.2, 0) is 13.1 Å². The van der Waals surface area contributed by atoms with Gasteiger partial charge >= 0.3 is 5.97 Å². The van der Waals surface area contributed by atoms with E-state index in [9.17, 15) is 4.79 Å². The van der Waals surface area contributed by atoms with Crippen LogP contribution in [0.4, 0.5) is 0 Å². The molecule has 2 aromatic heterocycles. The number of carbonyl (C=O) groups is 1. The zero-order valence-electron chi connectivity index (χ0n) is 8.65. The number of carboxylic acid groups (broad SMARTS) is 1.